The van der Waals surface area contributed by atoms with Crippen LogP contribution in [0.3, 0.4) is 0 Å². The molecule has 0 rings (SSSR count). The second kappa shape index (κ2) is 6.56. The first-order valence-corrected chi connectivity index (χ1v) is 4.51. The van der Waals surface area contributed by atoms with Crippen molar-refractivity contribution in [2.45, 2.75) is 32.7 Å². The highest BCUT2D eigenvalue weighted by Crippen LogP contribution is 1.97. The molecule has 0 saturated carbocycles. The zero-order chi connectivity index (χ0) is 8.69. The van der Waals surface area contributed by atoms with Crippen LogP contribution in [0.25, 0.3) is 0 Å². The number of amides is 1. The van der Waals surface area contributed by atoms with Crippen molar-refractivity contribution in [1.29, 1.82) is 0 Å². The molecule has 0 bridgehead atoms. The molecule has 0 aliphatic heterocycles. The van der Waals surface area contributed by atoms with Crippen LogP contribution in [-0.2, 0) is 4.79 Å². The van der Waals surface area contributed by atoms with Gasteiger partial charge in [-0.2, -0.15) is 0 Å². The molecular formula is C7H17N2OP. The Bertz CT molecular complexity index is 119. The lowest BCUT2D eigenvalue weighted by atomic mass is 10.2. The van der Waals surface area contributed by atoms with E-state index < -0.39 is 0 Å². The van der Waals surface area contributed by atoms with Gasteiger partial charge in [0.1, 0.15) is 0 Å². The van der Waals surface area contributed by atoms with E-state index in [2.05, 4.69) is 19.8 Å². The summed E-state index contributed by atoms with van der Waals surface area (Å²) >= 11 is 0. The van der Waals surface area contributed by atoms with Crippen molar-refractivity contribution in [3.05, 3.63) is 0 Å². The fourth-order valence-electron chi connectivity index (χ4n) is 0.716. The van der Waals surface area contributed by atoms with Gasteiger partial charge in [-0.15, -0.1) is 0 Å². The van der Waals surface area contributed by atoms with Crippen molar-refractivity contribution in [2.24, 2.45) is 0 Å². The Hall–Kier alpha value is -0.140. The zero-order valence-corrected chi connectivity index (χ0v) is 8.34. The number of carbonyl (C=O) groups excluding carboxylic acids is 1. The van der Waals surface area contributed by atoms with E-state index >= 15 is 0 Å². The van der Waals surface area contributed by atoms with Gasteiger partial charge >= 0.3 is 0 Å². The third kappa shape index (κ3) is 6.27. The van der Waals surface area contributed by atoms with E-state index in [9.17, 15) is 4.79 Å². The molecule has 0 aromatic heterocycles. The van der Waals surface area contributed by atoms with Gasteiger partial charge in [0.05, 0.1) is 0 Å². The molecule has 11 heavy (non-hydrogen) atoms. The van der Waals surface area contributed by atoms with Crippen LogP contribution in [-0.4, -0.2) is 18.5 Å². The van der Waals surface area contributed by atoms with Crippen molar-refractivity contribution in [1.82, 2.24) is 10.4 Å². The third-order valence-corrected chi connectivity index (χ3v) is 2.03. The van der Waals surface area contributed by atoms with E-state index in [4.69, 9.17) is 0 Å². The molecule has 66 valence electrons. The van der Waals surface area contributed by atoms with Gasteiger partial charge in [0.25, 0.3) is 0 Å². The van der Waals surface area contributed by atoms with E-state index in [1.165, 1.54) is 0 Å². The van der Waals surface area contributed by atoms with Crippen molar-refractivity contribution < 1.29 is 4.79 Å². The van der Waals surface area contributed by atoms with Crippen molar-refractivity contribution in [3.8, 4) is 0 Å². The first-order valence-electron chi connectivity index (χ1n) is 3.93. The van der Waals surface area contributed by atoms with E-state index in [1.807, 2.05) is 13.8 Å². The van der Waals surface area contributed by atoms with Crippen molar-refractivity contribution in [3.63, 3.8) is 0 Å². The molecule has 0 aromatic carbocycles. The van der Waals surface area contributed by atoms with Gasteiger partial charge in [0, 0.05) is 19.0 Å². The van der Waals surface area contributed by atoms with Crippen LogP contribution in [0.5, 0.6) is 0 Å². The minimum Gasteiger partial charge on any atom is -0.356 e. The summed E-state index contributed by atoms with van der Waals surface area (Å²) in [4.78, 5) is 10.9. The topological polar surface area (TPSA) is 41.1 Å². The highest BCUT2D eigenvalue weighted by Gasteiger charge is 2.02. The molecule has 3 nitrogen and oxygen atoms in total. The second-order valence-corrected chi connectivity index (χ2v) is 2.89. The maximum Gasteiger partial charge on any atom is 0.220 e. The van der Waals surface area contributed by atoms with Gasteiger partial charge in [-0.3, -0.25) is 9.88 Å². The summed E-state index contributed by atoms with van der Waals surface area (Å²) in [5, 5.41) is 5.75. The Kier molecular flexibility index (Phi) is 6.48. The zero-order valence-electron chi connectivity index (χ0n) is 7.18. The molecule has 2 atom stereocenters. The van der Waals surface area contributed by atoms with Gasteiger partial charge < -0.3 is 5.32 Å². The Morgan fingerprint density at radius 2 is 2.27 bits per heavy atom. The smallest absolute Gasteiger partial charge is 0.220 e. The van der Waals surface area contributed by atoms with E-state index in [0.717, 1.165) is 13.0 Å². The summed E-state index contributed by atoms with van der Waals surface area (Å²) in [5.41, 5.74) is 0. The Morgan fingerprint density at radius 3 is 2.73 bits per heavy atom. The quantitative estimate of drug-likeness (QED) is 0.604. The first kappa shape index (κ1) is 10.9. The molecule has 0 spiro atoms. The van der Waals surface area contributed by atoms with Crippen LogP contribution in [0.4, 0.5) is 0 Å². The molecule has 0 aliphatic carbocycles. The fraction of sp³-hybridized carbons (Fsp3) is 0.857. The average molecular weight is 176 g/mol. The summed E-state index contributed by atoms with van der Waals surface area (Å²) in [7, 11) is 2.45. The predicted molar refractivity (Wildman–Crippen MR) is 50.2 cm³/mol. The third-order valence-electron chi connectivity index (χ3n) is 1.46. The van der Waals surface area contributed by atoms with Crippen molar-refractivity contribution >= 4 is 15.3 Å². The van der Waals surface area contributed by atoms with Crippen LogP contribution in [0.2, 0.25) is 0 Å². The SMILES string of the molecule is CCNC(=O)CCC(C)NP. The largest absolute Gasteiger partial charge is 0.356 e. The van der Waals surface area contributed by atoms with Gasteiger partial charge in [-0.25, -0.2) is 0 Å². The van der Waals surface area contributed by atoms with E-state index in [1.54, 1.807) is 0 Å². The summed E-state index contributed by atoms with van der Waals surface area (Å²) in [5.74, 6) is 0.139. The molecule has 0 radical (unpaired) electrons. The highest BCUT2D eigenvalue weighted by atomic mass is 31.0. The molecule has 4 heteroatoms. The number of rotatable bonds is 5. The number of hydrogen-bond acceptors (Lipinski definition) is 2. The lowest BCUT2D eigenvalue weighted by molar-refractivity contribution is -0.121. The normalized spacial score (nSPS) is 12.6. The number of hydrogen-bond donors (Lipinski definition) is 2. The first-order chi connectivity index (χ1) is 5.20. The molecule has 0 aliphatic rings. The Balaban J connectivity index is 3.30. The Labute approximate surface area is 70.6 Å². The van der Waals surface area contributed by atoms with Crippen LogP contribution < -0.4 is 10.4 Å². The molecule has 2 unspecified atom stereocenters. The Morgan fingerprint density at radius 1 is 1.64 bits per heavy atom. The van der Waals surface area contributed by atoms with Crippen LogP contribution in [0.15, 0.2) is 0 Å². The van der Waals surface area contributed by atoms with E-state index in [0.29, 0.717) is 12.5 Å². The van der Waals surface area contributed by atoms with Crippen LogP contribution in [0.1, 0.15) is 26.7 Å². The molecule has 1 amide bonds. The number of nitrogens with one attached hydrogen (secondary N) is 2. The van der Waals surface area contributed by atoms with Crippen LogP contribution in [0, 0.1) is 0 Å². The summed E-state index contributed by atoms with van der Waals surface area (Å²) in [6.07, 6.45) is 1.49. The maximum atomic E-state index is 10.9. The molecule has 0 saturated heterocycles. The summed E-state index contributed by atoms with van der Waals surface area (Å²) in [6, 6.07) is 0.391. The minimum absolute atomic E-state index is 0.139. The highest BCUT2D eigenvalue weighted by molar-refractivity contribution is 7.13. The van der Waals surface area contributed by atoms with E-state index in [-0.39, 0.29) is 5.91 Å². The monoisotopic (exact) mass is 176 g/mol. The minimum atomic E-state index is 0.139. The van der Waals surface area contributed by atoms with Crippen LogP contribution >= 0.6 is 9.39 Å². The predicted octanol–water partition coefficient (Wildman–Crippen LogP) is 0.671. The van der Waals surface area contributed by atoms with Gasteiger partial charge in [0.15, 0.2) is 0 Å². The van der Waals surface area contributed by atoms with Gasteiger partial charge in [-0.05, 0) is 20.3 Å². The molecule has 2 N–H and O–H groups in total. The average Bonchev–Trinajstić information content (AvgIpc) is 2.01. The second-order valence-electron chi connectivity index (χ2n) is 2.56. The lowest BCUT2D eigenvalue weighted by Gasteiger charge is -2.08. The number of carbonyl (C=O) groups is 1. The van der Waals surface area contributed by atoms with Gasteiger partial charge in [-0.1, -0.05) is 9.39 Å². The molecule has 0 aromatic rings. The molecule has 0 heterocycles. The molecule has 0 fully saturated rings. The van der Waals surface area contributed by atoms with Crippen molar-refractivity contribution in [2.75, 3.05) is 6.54 Å². The standard InChI is InChI=1S/C7H17N2OP/c1-3-8-7(10)5-4-6(2)9-11/h6,9H,3-5,11H2,1-2H3,(H,8,10). The maximum absolute atomic E-state index is 10.9. The van der Waals surface area contributed by atoms with Gasteiger partial charge in [0.2, 0.25) is 5.91 Å². The molecular weight excluding hydrogens is 159 g/mol. The fourth-order valence-corrected chi connectivity index (χ4v) is 0.883. The lowest BCUT2D eigenvalue weighted by Crippen LogP contribution is -2.25. The summed E-state index contributed by atoms with van der Waals surface area (Å²) in [6.45, 7) is 4.70. The summed E-state index contributed by atoms with van der Waals surface area (Å²) < 4.78 is 0.